The summed E-state index contributed by atoms with van der Waals surface area (Å²) in [4.78, 5) is 0. The van der Waals surface area contributed by atoms with Crippen LogP contribution in [0.2, 0.25) is 0 Å². The molecule has 0 unspecified atom stereocenters. The Balaban J connectivity index is 2.88. The van der Waals surface area contributed by atoms with Crippen LogP contribution in [0, 0.1) is 34.6 Å². The maximum Gasteiger partial charge on any atom is 0.220 e. The Labute approximate surface area is 140 Å². The van der Waals surface area contributed by atoms with Crippen molar-refractivity contribution >= 4 is 5.57 Å². The van der Waals surface area contributed by atoms with E-state index in [1.54, 1.807) is 7.11 Å². The zero-order valence-electron chi connectivity index (χ0n) is 15.7. The highest BCUT2D eigenvalue weighted by atomic mass is 16.5. The Hall–Kier alpha value is -2.03. The Morgan fingerprint density at radius 2 is 1.52 bits per heavy atom. The summed E-state index contributed by atoms with van der Waals surface area (Å²) in [6, 6.07) is 0. The molecule has 0 aliphatic rings. The number of allylic oxidation sites excluding steroid dienone is 1. The van der Waals surface area contributed by atoms with Gasteiger partial charge in [0.15, 0.2) is 0 Å². The molecule has 0 saturated carbocycles. The summed E-state index contributed by atoms with van der Waals surface area (Å²) < 4.78 is 7.61. The summed E-state index contributed by atoms with van der Waals surface area (Å²) in [7, 11) is 1.70. The van der Waals surface area contributed by atoms with Crippen molar-refractivity contribution in [2.75, 3.05) is 7.11 Å². The molecule has 0 N–H and O–H groups in total. The van der Waals surface area contributed by atoms with Gasteiger partial charge in [0.05, 0.1) is 18.5 Å². The van der Waals surface area contributed by atoms with Gasteiger partial charge >= 0.3 is 0 Å². The van der Waals surface area contributed by atoms with Gasteiger partial charge in [-0.25, -0.2) is 0 Å². The van der Waals surface area contributed by atoms with Crippen molar-refractivity contribution in [3.8, 4) is 11.6 Å². The predicted molar refractivity (Wildman–Crippen MR) is 97.9 cm³/mol. The highest BCUT2D eigenvalue weighted by Gasteiger charge is 2.22. The fraction of sp³-hybridized carbons (Fsp3) is 0.450. The van der Waals surface area contributed by atoms with E-state index in [2.05, 4.69) is 41.2 Å². The van der Waals surface area contributed by atoms with Crippen molar-refractivity contribution in [2.24, 2.45) is 0 Å². The van der Waals surface area contributed by atoms with E-state index < -0.39 is 0 Å². The van der Waals surface area contributed by atoms with Gasteiger partial charge in [-0.2, -0.15) is 9.78 Å². The Kier molecular flexibility index (Phi) is 4.69. The van der Waals surface area contributed by atoms with Gasteiger partial charge in [-0.1, -0.05) is 13.5 Å². The van der Waals surface area contributed by atoms with Crippen LogP contribution in [0.25, 0.3) is 11.3 Å². The standard InChI is InChI=1S/C20H28N2O/c1-10-17-12(4)14(6)19(15(7)13(17)5)22-20(23-9)16(8)18(21-22)11(2)3/h2,10H2,1,3-9H3. The van der Waals surface area contributed by atoms with Crippen LogP contribution in [-0.4, -0.2) is 16.9 Å². The summed E-state index contributed by atoms with van der Waals surface area (Å²) in [5.74, 6) is 0.789. The third-order valence-electron chi connectivity index (χ3n) is 4.97. The van der Waals surface area contributed by atoms with Crippen LogP contribution < -0.4 is 4.74 Å². The number of aromatic nitrogens is 2. The number of hydrogen-bond donors (Lipinski definition) is 0. The van der Waals surface area contributed by atoms with E-state index >= 15 is 0 Å². The van der Waals surface area contributed by atoms with Crippen LogP contribution in [0.5, 0.6) is 5.88 Å². The van der Waals surface area contributed by atoms with Crippen LogP contribution in [0.1, 0.15) is 52.9 Å². The summed E-state index contributed by atoms with van der Waals surface area (Å²) in [5.41, 5.74) is 10.7. The highest BCUT2D eigenvalue weighted by Crippen LogP contribution is 2.35. The van der Waals surface area contributed by atoms with Crippen LogP contribution in [0.4, 0.5) is 0 Å². The predicted octanol–water partition coefficient (Wildman–Crippen LogP) is 5.02. The molecule has 0 atom stereocenters. The largest absolute Gasteiger partial charge is 0.481 e. The Morgan fingerprint density at radius 3 is 1.91 bits per heavy atom. The molecule has 0 spiro atoms. The minimum atomic E-state index is 0.789. The van der Waals surface area contributed by atoms with E-state index in [9.17, 15) is 0 Å². The number of benzene rings is 1. The summed E-state index contributed by atoms with van der Waals surface area (Å²) >= 11 is 0. The molecule has 0 radical (unpaired) electrons. The van der Waals surface area contributed by atoms with Crippen molar-refractivity contribution < 1.29 is 4.74 Å². The van der Waals surface area contributed by atoms with Crippen molar-refractivity contribution in [1.82, 2.24) is 9.78 Å². The van der Waals surface area contributed by atoms with Crippen LogP contribution in [0.15, 0.2) is 6.58 Å². The van der Waals surface area contributed by atoms with Crippen molar-refractivity contribution in [3.63, 3.8) is 0 Å². The lowest BCUT2D eigenvalue weighted by molar-refractivity contribution is 0.380. The second kappa shape index (κ2) is 6.23. The van der Waals surface area contributed by atoms with Gasteiger partial charge in [-0.05, 0) is 81.4 Å². The number of methoxy groups -OCH3 is 1. The first-order chi connectivity index (χ1) is 10.8. The number of ether oxygens (including phenoxy) is 1. The smallest absolute Gasteiger partial charge is 0.220 e. The average Bonchev–Trinajstić information content (AvgIpc) is 2.83. The first kappa shape index (κ1) is 17.3. The van der Waals surface area contributed by atoms with Gasteiger partial charge in [-0.3, -0.25) is 0 Å². The first-order valence-corrected chi connectivity index (χ1v) is 8.15. The van der Waals surface area contributed by atoms with E-state index in [0.717, 1.165) is 34.8 Å². The van der Waals surface area contributed by atoms with Crippen LogP contribution >= 0.6 is 0 Å². The monoisotopic (exact) mass is 312 g/mol. The molecule has 23 heavy (non-hydrogen) atoms. The van der Waals surface area contributed by atoms with E-state index in [-0.39, 0.29) is 0 Å². The molecular weight excluding hydrogens is 284 g/mol. The van der Waals surface area contributed by atoms with E-state index in [1.165, 1.54) is 27.8 Å². The molecule has 3 nitrogen and oxygen atoms in total. The SMILES string of the molecule is C=C(C)c1nn(-c2c(C)c(C)c(CC)c(C)c2C)c(OC)c1C. The number of hydrogen-bond acceptors (Lipinski definition) is 2. The van der Waals surface area contributed by atoms with Gasteiger partial charge in [0.1, 0.15) is 0 Å². The zero-order chi connectivity index (χ0) is 17.5. The van der Waals surface area contributed by atoms with Gasteiger partial charge in [0.25, 0.3) is 0 Å². The fourth-order valence-electron chi connectivity index (χ4n) is 3.50. The molecule has 0 aliphatic carbocycles. The van der Waals surface area contributed by atoms with Gasteiger partial charge < -0.3 is 4.74 Å². The van der Waals surface area contributed by atoms with Crippen molar-refractivity contribution in [2.45, 2.75) is 54.9 Å². The molecule has 124 valence electrons. The number of rotatable bonds is 4. The lowest BCUT2D eigenvalue weighted by atomic mass is 9.91. The molecule has 0 amide bonds. The summed E-state index contributed by atoms with van der Waals surface area (Å²) in [5, 5.41) is 4.80. The molecule has 0 aliphatic heterocycles. The van der Waals surface area contributed by atoms with Crippen LogP contribution in [0.3, 0.4) is 0 Å². The molecule has 3 heteroatoms. The van der Waals surface area contributed by atoms with Gasteiger partial charge in [0, 0.05) is 5.56 Å². The highest BCUT2D eigenvalue weighted by molar-refractivity contribution is 5.65. The first-order valence-electron chi connectivity index (χ1n) is 8.15. The third kappa shape index (κ3) is 2.58. The van der Waals surface area contributed by atoms with Gasteiger partial charge in [-0.15, -0.1) is 0 Å². The molecule has 0 fully saturated rings. The second-order valence-electron chi connectivity index (χ2n) is 6.36. The fourth-order valence-corrected chi connectivity index (χ4v) is 3.50. The molecule has 1 aromatic heterocycles. The Bertz CT molecular complexity index is 753. The van der Waals surface area contributed by atoms with E-state index in [0.29, 0.717) is 0 Å². The summed E-state index contributed by atoms with van der Waals surface area (Å²) in [6.45, 7) is 19.0. The van der Waals surface area contributed by atoms with Crippen LogP contribution in [-0.2, 0) is 6.42 Å². The minimum Gasteiger partial charge on any atom is -0.481 e. The molecule has 2 aromatic rings. The normalized spacial score (nSPS) is 11.0. The molecule has 2 rings (SSSR count). The maximum absolute atomic E-state index is 5.67. The van der Waals surface area contributed by atoms with Gasteiger partial charge in [0.2, 0.25) is 5.88 Å². The molecule has 0 bridgehead atoms. The summed E-state index contributed by atoms with van der Waals surface area (Å²) in [6.07, 6.45) is 1.05. The van der Waals surface area contributed by atoms with Crippen molar-refractivity contribution in [1.29, 1.82) is 0 Å². The quantitative estimate of drug-likeness (QED) is 0.792. The average molecular weight is 312 g/mol. The van der Waals surface area contributed by atoms with E-state index in [1.807, 2.05) is 18.5 Å². The number of nitrogens with zero attached hydrogens (tertiary/aromatic N) is 2. The second-order valence-corrected chi connectivity index (χ2v) is 6.36. The third-order valence-corrected chi connectivity index (χ3v) is 4.97. The maximum atomic E-state index is 5.67. The lowest BCUT2D eigenvalue weighted by Gasteiger charge is -2.20. The lowest BCUT2D eigenvalue weighted by Crippen LogP contribution is -2.10. The zero-order valence-corrected chi connectivity index (χ0v) is 15.7. The molecule has 1 aromatic carbocycles. The van der Waals surface area contributed by atoms with Crippen molar-refractivity contribution in [3.05, 3.63) is 45.7 Å². The van der Waals surface area contributed by atoms with E-state index in [4.69, 9.17) is 9.84 Å². The molecule has 0 saturated heterocycles. The topological polar surface area (TPSA) is 27.1 Å². The molecular formula is C20H28N2O. The molecule has 1 heterocycles. The Morgan fingerprint density at radius 1 is 1.00 bits per heavy atom. The minimum absolute atomic E-state index is 0.789.